The van der Waals surface area contributed by atoms with Crippen LogP contribution in [0.5, 0.6) is 11.6 Å². The van der Waals surface area contributed by atoms with Gasteiger partial charge in [-0.2, -0.15) is 0 Å². The number of benzene rings is 1. The van der Waals surface area contributed by atoms with Crippen molar-refractivity contribution < 1.29 is 52.3 Å². The molecule has 228 valence electrons. The average Bonchev–Trinajstić information content (AvgIpc) is 3.22. The molecule has 1 aromatic carbocycles. The molecule has 1 saturated carbocycles. The summed E-state index contributed by atoms with van der Waals surface area (Å²) < 4.78 is 39.6. The standard InChI is InChI=1S/C29H36N2O11/c1-15-23(13-20-9-11-22(12-10-20)40-21-7-6-8-21)28(31-30-15)42-29-27(39-19(5)35)26(38-18(4)34)25(37-17(3)33)24(41-29)14-36-16(2)32/h9-12,21,24-27,29H,6-8,13-14H2,1-5H3,(H,30,31)/t24-,25-,26+,27-,29+/m1/s1. The molecule has 42 heavy (non-hydrogen) atoms. The van der Waals surface area contributed by atoms with E-state index >= 15 is 0 Å². The molecule has 1 aliphatic heterocycles. The number of aryl methyl sites for hydroxylation is 1. The van der Waals surface area contributed by atoms with Crippen LogP contribution in [0.2, 0.25) is 0 Å². The Labute approximate surface area is 243 Å². The first-order valence-electron chi connectivity index (χ1n) is 13.8. The van der Waals surface area contributed by atoms with Crippen molar-refractivity contribution in [3.05, 3.63) is 41.1 Å². The van der Waals surface area contributed by atoms with Gasteiger partial charge in [-0.25, -0.2) is 0 Å². The minimum absolute atomic E-state index is 0.156. The highest BCUT2D eigenvalue weighted by molar-refractivity contribution is 5.68. The van der Waals surface area contributed by atoms with Crippen LogP contribution >= 0.6 is 0 Å². The maximum Gasteiger partial charge on any atom is 0.303 e. The van der Waals surface area contributed by atoms with Crippen LogP contribution in [0.15, 0.2) is 24.3 Å². The highest BCUT2D eigenvalue weighted by Gasteiger charge is 2.53. The molecule has 0 amide bonds. The van der Waals surface area contributed by atoms with Crippen molar-refractivity contribution in [2.24, 2.45) is 0 Å². The molecule has 1 saturated heterocycles. The largest absolute Gasteiger partial charge is 0.490 e. The number of ether oxygens (including phenoxy) is 7. The fourth-order valence-electron chi connectivity index (χ4n) is 4.70. The first-order chi connectivity index (χ1) is 20.0. The zero-order valence-electron chi connectivity index (χ0n) is 24.2. The van der Waals surface area contributed by atoms with E-state index in [4.69, 9.17) is 33.2 Å². The second-order valence-electron chi connectivity index (χ2n) is 10.3. The van der Waals surface area contributed by atoms with Gasteiger partial charge in [-0.1, -0.05) is 12.1 Å². The molecule has 2 aromatic rings. The van der Waals surface area contributed by atoms with Gasteiger partial charge in [0.15, 0.2) is 12.2 Å². The minimum Gasteiger partial charge on any atom is -0.490 e. The number of hydrogen-bond donors (Lipinski definition) is 1. The Balaban J connectivity index is 1.60. The van der Waals surface area contributed by atoms with Gasteiger partial charge in [0.1, 0.15) is 18.5 Å². The number of rotatable bonds is 11. The van der Waals surface area contributed by atoms with E-state index in [2.05, 4.69) is 10.2 Å². The minimum atomic E-state index is -1.38. The molecule has 13 nitrogen and oxygen atoms in total. The van der Waals surface area contributed by atoms with E-state index in [1.54, 1.807) is 0 Å². The average molecular weight is 589 g/mol. The number of nitrogens with one attached hydrogen (secondary N) is 1. The Hall–Kier alpha value is -4.13. The first kappa shape index (κ1) is 30.8. The summed E-state index contributed by atoms with van der Waals surface area (Å²) in [7, 11) is 0. The van der Waals surface area contributed by atoms with Gasteiger partial charge in [-0.15, -0.1) is 5.10 Å². The molecule has 2 fully saturated rings. The lowest BCUT2D eigenvalue weighted by Gasteiger charge is -2.43. The Kier molecular flexibility index (Phi) is 10.0. The van der Waals surface area contributed by atoms with Crippen LogP contribution in [0, 0.1) is 6.92 Å². The third-order valence-corrected chi connectivity index (χ3v) is 6.87. The number of esters is 4. The Morgan fingerprint density at radius 1 is 0.857 bits per heavy atom. The van der Waals surface area contributed by atoms with Crippen molar-refractivity contribution in [3.8, 4) is 11.6 Å². The molecular formula is C29H36N2O11. The van der Waals surface area contributed by atoms with Crippen LogP contribution in [0.3, 0.4) is 0 Å². The highest BCUT2D eigenvalue weighted by Crippen LogP contribution is 2.33. The number of nitrogens with zero attached hydrogens (tertiary/aromatic N) is 1. The normalized spacial score (nSPS) is 23.7. The number of carbonyl (C=O) groups excluding carboxylic acids is 4. The van der Waals surface area contributed by atoms with Gasteiger partial charge in [0.05, 0.1) is 6.10 Å². The van der Waals surface area contributed by atoms with Gasteiger partial charge in [-0.05, 0) is 43.9 Å². The van der Waals surface area contributed by atoms with Gasteiger partial charge >= 0.3 is 23.9 Å². The van der Waals surface area contributed by atoms with Crippen LogP contribution < -0.4 is 9.47 Å². The second-order valence-corrected chi connectivity index (χ2v) is 10.3. The van der Waals surface area contributed by atoms with Gasteiger partial charge in [0, 0.05) is 45.4 Å². The monoisotopic (exact) mass is 588 g/mol. The summed E-state index contributed by atoms with van der Waals surface area (Å²) in [6.07, 6.45) is -2.48. The summed E-state index contributed by atoms with van der Waals surface area (Å²) in [6, 6.07) is 7.75. The summed E-state index contributed by atoms with van der Waals surface area (Å²) in [6.45, 7) is 6.14. The summed E-state index contributed by atoms with van der Waals surface area (Å²) in [5.41, 5.74) is 2.40. The van der Waals surface area contributed by atoms with Crippen molar-refractivity contribution in [2.45, 2.75) is 97.1 Å². The molecule has 13 heteroatoms. The van der Waals surface area contributed by atoms with Gasteiger partial charge in [0.2, 0.25) is 18.3 Å². The SMILES string of the molecule is CC(=O)OC[C@H]1O[C@@H](Oc2n[nH]c(C)c2Cc2ccc(OC3CCC3)cc2)[C@H](OC(C)=O)[C@@H](OC(C)=O)[C@@H]1OC(C)=O. The zero-order chi connectivity index (χ0) is 30.4. The van der Waals surface area contributed by atoms with Crippen LogP contribution in [0.4, 0.5) is 0 Å². The quantitative estimate of drug-likeness (QED) is 0.302. The van der Waals surface area contributed by atoms with Gasteiger partial charge < -0.3 is 33.2 Å². The molecule has 0 bridgehead atoms. The smallest absolute Gasteiger partial charge is 0.303 e. The van der Waals surface area contributed by atoms with Crippen LogP contribution in [-0.2, 0) is 49.3 Å². The summed E-state index contributed by atoms with van der Waals surface area (Å²) in [4.78, 5) is 47.7. The molecule has 0 radical (unpaired) electrons. The predicted molar refractivity (Wildman–Crippen MR) is 143 cm³/mol. The molecule has 1 aromatic heterocycles. The Morgan fingerprint density at radius 3 is 2.05 bits per heavy atom. The van der Waals surface area contributed by atoms with Crippen molar-refractivity contribution in [3.63, 3.8) is 0 Å². The molecule has 0 spiro atoms. The topological polar surface area (TPSA) is 162 Å². The van der Waals surface area contributed by atoms with Crippen LogP contribution in [0.1, 0.15) is 63.8 Å². The molecule has 0 unspecified atom stereocenters. The zero-order valence-corrected chi connectivity index (χ0v) is 24.2. The molecule has 1 aliphatic carbocycles. The van der Waals surface area contributed by atoms with Gasteiger partial charge in [0.25, 0.3) is 0 Å². The second kappa shape index (κ2) is 13.7. The lowest BCUT2D eigenvalue weighted by molar-refractivity contribution is -0.289. The number of aromatic amines is 1. The van der Waals surface area contributed by atoms with Crippen LogP contribution in [-0.4, -0.2) is 77.5 Å². The molecule has 4 rings (SSSR count). The van der Waals surface area contributed by atoms with E-state index in [9.17, 15) is 19.2 Å². The highest BCUT2D eigenvalue weighted by atomic mass is 16.7. The molecule has 1 N–H and O–H groups in total. The number of aromatic nitrogens is 2. The summed E-state index contributed by atoms with van der Waals surface area (Å²) >= 11 is 0. The summed E-state index contributed by atoms with van der Waals surface area (Å²) in [5.74, 6) is -1.83. The van der Waals surface area contributed by atoms with E-state index in [0.29, 0.717) is 12.0 Å². The Morgan fingerprint density at radius 2 is 1.48 bits per heavy atom. The maximum atomic E-state index is 12.1. The van der Waals surface area contributed by atoms with E-state index < -0.39 is 54.6 Å². The predicted octanol–water partition coefficient (Wildman–Crippen LogP) is 2.70. The molecule has 2 aliphatic rings. The van der Waals surface area contributed by atoms with Gasteiger partial charge in [-0.3, -0.25) is 24.3 Å². The molecule has 2 heterocycles. The maximum absolute atomic E-state index is 12.1. The lowest BCUT2D eigenvalue weighted by atomic mass is 9.96. The third-order valence-electron chi connectivity index (χ3n) is 6.87. The first-order valence-corrected chi connectivity index (χ1v) is 13.8. The van der Waals surface area contributed by atoms with Crippen molar-refractivity contribution in [1.29, 1.82) is 0 Å². The molecular weight excluding hydrogens is 552 g/mol. The van der Waals surface area contributed by atoms with Crippen molar-refractivity contribution in [1.82, 2.24) is 10.2 Å². The fourth-order valence-corrected chi connectivity index (χ4v) is 4.70. The van der Waals surface area contributed by atoms with E-state index in [0.717, 1.165) is 50.6 Å². The Bertz CT molecular complexity index is 1270. The van der Waals surface area contributed by atoms with E-state index in [1.165, 1.54) is 13.3 Å². The van der Waals surface area contributed by atoms with E-state index in [-0.39, 0.29) is 18.6 Å². The summed E-state index contributed by atoms with van der Waals surface area (Å²) in [5, 5.41) is 7.17. The fraction of sp³-hybridized carbons (Fsp3) is 0.552. The lowest BCUT2D eigenvalue weighted by Crippen LogP contribution is -2.63. The third kappa shape index (κ3) is 7.99. The van der Waals surface area contributed by atoms with Crippen LogP contribution in [0.25, 0.3) is 0 Å². The number of carbonyl (C=O) groups is 4. The number of hydrogen-bond acceptors (Lipinski definition) is 12. The van der Waals surface area contributed by atoms with E-state index in [1.807, 2.05) is 31.2 Å². The van der Waals surface area contributed by atoms with Crippen molar-refractivity contribution >= 4 is 23.9 Å². The molecule has 5 atom stereocenters. The van der Waals surface area contributed by atoms with Crippen molar-refractivity contribution in [2.75, 3.05) is 6.61 Å². The number of H-pyrrole nitrogens is 1.